The zero-order valence-corrected chi connectivity index (χ0v) is 13.8. The summed E-state index contributed by atoms with van der Waals surface area (Å²) < 4.78 is 42.3. The van der Waals surface area contributed by atoms with E-state index in [0.29, 0.717) is 29.9 Å². The molecule has 0 unspecified atom stereocenters. The summed E-state index contributed by atoms with van der Waals surface area (Å²) in [5.74, 6) is -0.586. The molecule has 0 fully saturated rings. The number of anilines is 1. The fourth-order valence-electron chi connectivity index (χ4n) is 2.93. The van der Waals surface area contributed by atoms with Crippen LogP contribution in [-0.2, 0) is 6.42 Å². The monoisotopic (exact) mass is 374 g/mol. The van der Waals surface area contributed by atoms with Crippen molar-refractivity contribution in [1.29, 1.82) is 0 Å². The standard InChI is InChI=1S/C18H13F3N4O2/c19-18(20,21)27-14-5-3-12(4-6-14)24-9-7-16-15(17(24)26)11-25(23-16)13-2-1-8-22-10-13/h1-6,8,10-11H,7,9H2. The van der Waals surface area contributed by atoms with Crippen molar-refractivity contribution < 1.29 is 22.7 Å². The van der Waals surface area contributed by atoms with E-state index < -0.39 is 6.36 Å². The third-order valence-corrected chi connectivity index (χ3v) is 4.13. The molecule has 0 saturated heterocycles. The minimum Gasteiger partial charge on any atom is -0.406 e. The van der Waals surface area contributed by atoms with Crippen LogP contribution in [0.5, 0.6) is 5.75 Å². The quantitative estimate of drug-likeness (QED) is 0.705. The highest BCUT2D eigenvalue weighted by Crippen LogP contribution is 2.28. The van der Waals surface area contributed by atoms with E-state index in [1.165, 1.54) is 29.2 Å². The summed E-state index contributed by atoms with van der Waals surface area (Å²) in [4.78, 5) is 18.4. The second-order valence-electron chi connectivity index (χ2n) is 5.89. The van der Waals surface area contributed by atoms with Crippen LogP contribution in [0.4, 0.5) is 18.9 Å². The van der Waals surface area contributed by atoms with Gasteiger partial charge < -0.3 is 9.64 Å². The van der Waals surface area contributed by atoms with E-state index in [2.05, 4.69) is 14.8 Å². The maximum Gasteiger partial charge on any atom is 0.573 e. The number of benzene rings is 1. The molecule has 138 valence electrons. The molecule has 1 aliphatic heterocycles. The molecule has 2 aromatic heterocycles. The summed E-state index contributed by atoms with van der Waals surface area (Å²) in [6.45, 7) is 0.384. The molecule has 9 heteroatoms. The van der Waals surface area contributed by atoms with Crippen molar-refractivity contribution in [2.75, 3.05) is 11.4 Å². The van der Waals surface area contributed by atoms with Crippen LogP contribution in [0.2, 0.25) is 0 Å². The molecule has 0 saturated carbocycles. The lowest BCUT2D eigenvalue weighted by Gasteiger charge is -2.26. The Morgan fingerprint density at radius 1 is 1.07 bits per heavy atom. The summed E-state index contributed by atoms with van der Waals surface area (Å²) in [6.07, 6.45) is 0.710. The molecular formula is C18H13F3N4O2. The molecule has 0 atom stereocenters. The Labute approximate surface area is 151 Å². The van der Waals surface area contributed by atoms with Crippen LogP contribution in [0.3, 0.4) is 0 Å². The smallest absolute Gasteiger partial charge is 0.406 e. The summed E-state index contributed by atoms with van der Waals surface area (Å²) in [5.41, 5.74) is 2.37. The Hall–Kier alpha value is -3.36. The second kappa shape index (κ2) is 6.42. The van der Waals surface area contributed by atoms with Gasteiger partial charge in [0.2, 0.25) is 0 Å². The van der Waals surface area contributed by atoms with Gasteiger partial charge in [0.15, 0.2) is 0 Å². The Morgan fingerprint density at radius 2 is 1.85 bits per heavy atom. The maximum atomic E-state index is 12.8. The van der Waals surface area contributed by atoms with E-state index in [0.717, 1.165) is 5.69 Å². The Bertz CT molecular complexity index is 969. The van der Waals surface area contributed by atoms with Gasteiger partial charge in [-0.05, 0) is 36.4 Å². The van der Waals surface area contributed by atoms with E-state index in [1.807, 2.05) is 6.07 Å². The Kier molecular flexibility index (Phi) is 4.06. The van der Waals surface area contributed by atoms with E-state index in [4.69, 9.17) is 0 Å². The fraction of sp³-hybridized carbons (Fsp3) is 0.167. The van der Waals surface area contributed by atoms with Crippen LogP contribution in [-0.4, -0.2) is 33.6 Å². The summed E-state index contributed by atoms with van der Waals surface area (Å²) >= 11 is 0. The lowest BCUT2D eigenvalue weighted by molar-refractivity contribution is -0.274. The van der Waals surface area contributed by atoms with Gasteiger partial charge in [0.25, 0.3) is 5.91 Å². The van der Waals surface area contributed by atoms with Crippen LogP contribution in [0.25, 0.3) is 5.69 Å². The number of alkyl halides is 3. The molecule has 0 radical (unpaired) electrons. The number of hydrogen-bond acceptors (Lipinski definition) is 4. The highest BCUT2D eigenvalue weighted by atomic mass is 19.4. The average Bonchev–Trinajstić information content (AvgIpc) is 3.08. The van der Waals surface area contributed by atoms with Gasteiger partial charge in [-0.15, -0.1) is 13.2 Å². The van der Waals surface area contributed by atoms with Gasteiger partial charge in [-0.3, -0.25) is 9.78 Å². The van der Waals surface area contributed by atoms with Crippen LogP contribution in [0.15, 0.2) is 55.0 Å². The molecule has 3 aromatic rings. The predicted molar refractivity (Wildman–Crippen MR) is 89.9 cm³/mol. The Morgan fingerprint density at radius 3 is 2.52 bits per heavy atom. The van der Waals surface area contributed by atoms with Crippen molar-refractivity contribution in [1.82, 2.24) is 14.8 Å². The highest BCUT2D eigenvalue weighted by molar-refractivity contribution is 6.07. The van der Waals surface area contributed by atoms with Crippen molar-refractivity contribution in [3.8, 4) is 11.4 Å². The van der Waals surface area contributed by atoms with E-state index >= 15 is 0 Å². The number of carbonyl (C=O) groups excluding carboxylic acids is 1. The van der Waals surface area contributed by atoms with Gasteiger partial charge in [-0.2, -0.15) is 5.10 Å². The molecule has 0 N–H and O–H groups in total. The molecule has 3 heterocycles. The van der Waals surface area contributed by atoms with Crippen molar-refractivity contribution in [2.24, 2.45) is 0 Å². The number of nitrogens with zero attached hydrogens (tertiary/aromatic N) is 4. The van der Waals surface area contributed by atoms with Crippen molar-refractivity contribution >= 4 is 11.6 Å². The number of rotatable bonds is 3. The fourth-order valence-corrected chi connectivity index (χ4v) is 2.93. The van der Waals surface area contributed by atoms with E-state index in [-0.39, 0.29) is 11.7 Å². The normalized spacial score (nSPS) is 14.2. The van der Waals surface area contributed by atoms with Crippen LogP contribution in [0, 0.1) is 0 Å². The maximum absolute atomic E-state index is 12.8. The van der Waals surface area contributed by atoms with Crippen molar-refractivity contribution in [3.63, 3.8) is 0 Å². The molecule has 27 heavy (non-hydrogen) atoms. The number of pyridine rings is 1. The number of amides is 1. The zero-order chi connectivity index (χ0) is 19.0. The van der Waals surface area contributed by atoms with E-state index in [9.17, 15) is 18.0 Å². The highest BCUT2D eigenvalue weighted by Gasteiger charge is 2.32. The molecule has 4 rings (SSSR count). The van der Waals surface area contributed by atoms with Gasteiger partial charge in [0, 0.05) is 31.0 Å². The minimum atomic E-state index is -4.75. The van der Waals surface area contributed by atoms with Crippen LogP contribution in [0.1, 0.15) is 16.1 Å². The molecule has 0 aliphatic carbocycles. The predicted octanol–water partition coefficient (Wildman–Crippen LogP) is 3.37. The number of hydrogen-bond donors (Lipinski definition) is 0. The summed E-state index contributed by atoms with van der Waals surface area (Å²) in [5, 5.41) is 4.44. The number of aromatic nitrogens is 3. The number of fused-ring (bicyclic) bond motifs is 1. The first-order valence-corrected chi connectivity index (χ1v) is 8.07. The minimum absolute atomic E-state index is 0.254. The first kappa shape index (κ1) is 17.1. The number of ether oxygens (including phenoxy) is 1. The first-order valence-electron chi connectivity index (χ1n) is 8.07. The average molecular weight is 374 g/mol. The largest absolute Gasteiger partial charge is 0.573 e. The van der Waals surface area contributed by atoms with Gasteiger partial charge in [-0.1, -0.05) is 0 Å². The Balaban J connectivity index is 1.58. The summed E-state index contributed by atoms with van der Waals surface area (Å²) in [7, 11) is 0. The van der Waals surface area contributed by atoms with Gasteiger partial charge in [0.1, 0.15) is 5.75 Å². The van der Waals surface area contributed by atoms with E-state index in [1.54, 1.807) is 29.3 Å². The third kappa shape index (κ3) is 3.48. The number of carbonyl (C=O) groups is 1. The SMILES string of the molecule is O=C1c2cn(-c3cccnc3)nc2CCN1c1ccc(OC(F)(F)F)cc1. The van der Waals surface area contributed by atoms with Crippen LogP contribution >= 0.6 is 0 Å². The first-order chi connectivity index (χ1) is 12.9. The third-order valence-electron chi connectivity index (χ3n) is 4.13. The van der Waals surface area contributed by atoms with Gasteiger partial charge in [-0.25, -0.2) is 4.68 Å². The lowest BCUT2D eigenvalue weighted by atomic mass is 10.1. The molecule has 1 amide bonds. The zero-order valence-electron chi connectivity index (χ0n) is 13.8. The second-order valence-corrected chi connectivity index (χ2v) is 5.89. The molecular weight excluding hydrogens is 361 g/mol. The van der Waals surface area contributed by atoms with Crippen molar-refractivity contribution in [2.45, 2.75) is 12.8 Å². The van der Waals surface area contributed by atoms with Gasteiger partial charge >= 0.3 is 6.36 Å². The van der Waals surface area contributed by atoms with Crippen LogP contribution < -0.4 is 9.64 Å². The number of halogens is 3. The molecule has 6 nitrogen and oxygen atoms in total. The van der Waals surface area contributed by atoms with Crippen molar-refractivity contribution in [3.05, 3.63) is 66.2 Å². The molecule has 0 spiro atoms. The molecule has 0 bridgehead atoms. The lowest BCUT2D eigenvalue weighted by Crippen LogP contribution is -2.37. The van der Waals surface area contributed by atoms with Gasteiger partial charge in [0.05, 0.1) is 23.1 Å². The summed E-state index contributed by atoms with van der Waals surface area (Å²) in [6, 6.07) is 8.82. The molecule has 1 aromatic carbocycles. The topological polar surface area (TPSA) is 60.2 Å². The molecule has 1 aliphatic rings.